The lowest BCUT2D eigenvalue weighted by Crippen LogP contribution is -2.39. The molecule has 0 aromatic rings. The van der Waals surface area contributed by atoms with Gasteiger partial charge in [-0.05, 0) is 27.7 Å². The van der Waals surface area contributed by atoms with Crippen molar-refractivity contribution in [1.29, 1.82) is 0 Å². The Morgan fingerprint density at radius 1 is 1.11 bits per heavy atom. The molecule has 0 fully saturated rings. The summed E-state index contributed by atoms with van der Waals surface area (Å²) in [5.74, 6) is -0.677. The van der Waals surface area contributed by atoms with E-state index in [1.807, 2.05) is 0 Å². The molecule has 15 heteroatoms. The molecule has 1 aliphatic heterocycles. The first-order chi connectivity index (χ1) is 8.22. The number of halogens is 4. The van der Waals surface area contributed by atoms with Crippen LogP contribution in [0.2, 0.25) is 0 Å². The van der Waals surface area contributed by atoms with Crippen molar-refractivity contribution < 1.29 is 42.0 Å². The second-order valence-electron chi connectivity index (χ2n) is 2.61. The maximum atomic E-state index is 12.3. The van der Waals surface area contributed by atoms with Gasteiger partial charge in [0.25, 0.3) is 0 Å². The van der Waals surface area contributed by atoms with E-state index in [-0.39, 0.29) is 0 Å². The zero-order chi connectivity index (χ0) is 13.9. The van der Waals surface area contributed by atoms with E-state index in [1.54, 1.807) is 0 Å². The molecule has 1 unspecified atom stereocenters. The van der Waals surface area contributed by atoms with E-state index < -0.39 is 37.1 Å². The Kier molecular flexibility index (Phi) is 5.55. The fraction of sp³-hybridized carbons (Fsp3) is 0.333. The summed E-state index contributed by atoms with van der Waals surface area (Å²) < 4.78 is 47.4. The first kappa shape index (κ1) is 15.9. The summed E-state index contributed by atoms with van der Waals surface area (Å²) in [6.45, 7) is 0. The summed E-state index contributed by atoms with van der Waals surface area (Å²) in [7, 11) is -8.28. The molecule has 0 aromatic heterocycles. The van der Waals surface area contributed by atoms with Crippen LogP contribution in [0.25, 0.3) is 0 Å². The number of thioether (sulfide) groups is 1. The van der Waals surface area contributed by atoms with Gasteiger partial charge in [0.2, 0.25) is 14.9 Å². The van der Waals surface area contributed by atoms with E-state index in [0.29, 0.717) is 11.8 Å². The molecule has 100 valence electrons. The van der Waals surface area contributed by atoms with Crippen LogP contribution in [0.1, 0.15) is 0 Å². The zero-order valence-electron chi connectivity index (χ0n) is 8.22. The highest BCUT2D eigenvalue weighted by molar-refractivity contribution is 9.11. The number of hydrogen-bond acceptors (Lipinski definition) is 8. The summed E-state index contributed by atoms with van der Waals surface area (Å²) in [4.78, 5) is 0. The van der Waals surface area contributed by atoms with Gasteiger partial charge in [-0.25, -0.2) is 8.63 Å². The van der Waals surface area contributed by atoms with Crippen LogP contribution < -0.4 is 5.32 Å². The average Bonchev–Trinajstić information content (AvgIpc) is 2.38. The van der Waals surface area contributed by atoms with Gasteiger partial charge in [-0.15, -0.1) is 0 Å². The molecule has 0 bridgehead atoms. The Bertz CT molecular complexity index is 314. The quantitative estimate of drug-likeness (QED) is 0.284. The molecule has 18 heavy (non-hydrogen) atoms. The zero-order valence-corrected chi connectivity index (χ0v) is 10.6. The third kappa shape index (κ3) is 4.82. The van der Waals surface area contributed by atoms with Crippen LogP contribution in [-0.4, -0.2) is 41.2 Å². The van der Waals surface area contributed by atoms with Crippen LogP contribution in [-0.2, 0) is 14.0 Å². The van der Waals surface area contributed by atoms with Crippen molar-refractivity contribution in [3.05, 3.63) is 11.0 Å². The van der Waals surface area contributed by atoms with E-state index in [2.05, 4.69) is 35.2 Å². The van der Waals surface area contributed by atoms with Gasteiger partial charge in [-0.3, -0.25) is 4.32 Å². The van der Waals surface area contributed by atoms with Gasteiger partial charge in [0.05, 0.1) is 0 Å². The van der Waals surface area contributed by atoms with Gasteiger partial charge >= 0.3 is 22.2 Å². The molecular formula is C3H4B3BrF3NO6S. The van der Waals surface area contributed by atoms with Gasteiger partial charge < -0.3 is 34.4 Å². The van der Waals surface area contributed by atoms with Gasteiger partial charge in [0.1, 0.15) is 0 Å². The first-order valence-corrected chi connectivity index (χ1v) is 5.71. The van der Waals surface area contributed by atoms with Crippen LogP contribution >= 0.6 is 27.7 Å². The summed E-state index contributed by atoms with van der Waals surface area (Å²) >= 11 is 3.08. The molecule has 0 saturated heterocycles. The first-order valence-electron chi connectivity index (χ1n) is 4.10. The molecule has 0 radical (unpaired) electrons. The smallest absolute Gasteiger partial charge is 0.500 e. The Balaban J connectivity index is 2.78. The summed E-state index contributed by atoms with van der Waals surface area (Å²) in [6.07, 6.45) is 0. The highest BCUT2D eigenvalue weighted by Gasteiger charge is 2.46. The fourth-order valence-corrected chi connectivity index (χ4v) is 2.50. The maximum absolute atomic E-state index is 12.3. The predicted octanol–water partition coefficient (Wildman–Crippen LogP) is -0.655. The molecule has 4 N–H and O–H groups in total. The van der Waals surface area contributed by atoms with E-state index in [1.165, 1.54) is 0 Å². The number of hydrogen-bond donors (Lipinski definition) is 4. The number of alkyl halides is 1. The van der Waals surface area contributed by atoms with Gasteiger partial charge in [0.15, 0.2) is 0 Å². The predicted molar refractivity (Wildman–Crippen MR) is 59.9 cm³/mol. The monoisotopic (exact) mass is 351 g/mol. The molecular weight excluding hydrogens is 347 g/mol. The molecule has 0 aromatic carbocycles. The molecule has 0 saturated carbocycles. The molecule has 7 nitrogen and oxygen atoms in total. The summed E-state index contributed by atoms with van der Waals surface area (Å²) in [5, 5.41) is 26.6. The lowest BCUT2D eigenvalue weighted by Gasteiger charge is -2.21. The van der Waals surface area contributed by atoms with Crippen LogP contribution in [0.5, 0.6) is 0 Å². The van der Waals surface area contributed by atoms with Crippen molar-refractivity contribution in [3.8, 4) is 0 Å². The van der Waals surface area contributed by atoms with Crippen LogP contribution in [0, 0.1) is 0 Å². The topological polar surface area (TPSA) is 100 Å². The Morgan fingerprint density at radius 3 is 2.11 bits per heavy atom. The standard InChI is InChI=1S/C3H4B3BrF3NO6S/c7-3(17-6(10)14)11-1(15-4(8)12)2(18-3)16-5(9)13/h11-14H. The maximum Gasteiger partial charge on any atom is 0.752 e. The molecule has 0 aliphatic carbocycles. The van der Waals surface area contributed by atoms with E-state index in [0.717, 1.165) is 0 Å². The van der Waals surface area contributed by atoms with E-state index in [9.17, 15) is 12.9 Å². The molecule has 1 aliphatic rings. The summed E-state index contributed by atoms with van der Waals surface area (Å²) in [5.41, 5.74) is 0. The minimum Gasteiger partial charge on any atom is -0.500 e. The fourth-order valence-electron chi connectivity index (χ4n) is 0.897. The second kappa shape index (κ2) is 6.30. The minimum atomic E-state index is -2.78. The molecule has 1 rings (SSSR count). The van der Waals surface area contributed by atoms with Crippen LogP contribution in [0.15, 0.2) is 11.0 Å². The van der Waals surface area contributed by atoms with Gasteiger partial charge in [0, 0.05) is 0 Å². The highest BCUT2D eigenvalue weighted by Crippen LogP contribution is 2.45. The molecule has 0 amide bonds. The minimum absolute atomic E-state index is 0.358. The number of rotatable bonds is 6. The van der Waals surface area contributed by atoms with Crippen molar-refractivity contribution in [2.45, 2.75) is 3.97 Å². The SMILES string of the molecule is OB(F)OC1=C(OB(O)F)SC(Br)(OB(O)F)N1. The Hall–Kier alpha value is -0.205. The Morgan fingerprint density at radius 2 is 1.67 bits per heavy atom. The van der Waals surface area contributed by atoms with Crippen LogP contribution in [0.3, 0.4) is 0 Å². The third-order valence-corrected chi connectivity index (χ3v) is 3.14. The average molecular weight is 351 g/mol. The van der Waals surface area contributed by atoms with Gasteiger partial charge in [-0.1, -0.05) is 0 Å². The lowest BCUT2D eigenvalue weighted by molar-refractivity contribution is 0.149. The van der Waals surface area contributed by atoms with Crippen molar-refractivity contribution in [1.82, 2.24) is 5.32 Å². The van der Waals surface area contributed by atoms with E-state index in [4.69, 9.17) is 15.1 Å². The molecule has 1 atom stereocenters. The molecule has 1 heterocycles. The highest BCUT2D eigenvalue weighted by atomic mass is 79.9. The summed E-state index contributed by atoms with van der Waals surface area (Å²) in [6, 6.07) is 0. The molecule has 0 spiro atoms. The van der Waals surface area contributed by atoms with Crippen molar-refractivity contribution in [2.24, 2.45) is 0 Å². The van der Waals surface area contributed by atoms with Crippen molar-refractivity contribution in [3.63, 3.8) is 0 Å². The third-order valence-electron chi connectivity index (χ3n) is 1.34. The largest absolute Gasteiger partial charge is 0.752 e. The van der Waals surface area contributed by atoms with Crippen molar-refractivity contribution >= 4 is 49.9 Å². The van der Waals surface area contributed by atoms with Gasteiger partial charge in [-0.2, -0.15) is 0 Å². The second-order valence-corrected chi connectivity index (χ2v) is 5.40. The normalized spacial score (nSPS) is 22.6. The van der Waals surface area contributed by atoms with Crippen molar-refractivity contribution in [2.75, 3.05) is 0 Å². The van der Waals surface area contributed by atoms with Crippen LogP contribution in [0.4, 0.5) is 12.9 Å². The number of nitrogens with one attached hydrogen (secondary N) is 1. The van der Waals surface area contributed by atoms with E-state index >= 15 is 0 Å². The Labute approximate surface area is 112 Å². The lowest BCUT2D eigenvalue weighted by atomic mass is 10.3.